The number of carbonyl (C=O) groups excluding carboxylic acids is 3. The van der Waals surface area contributed by atoms with Crippen molar-refractivity contribution >= 4 is 17.9 Å². The van der Waals surface area contributed by atoms with Gasteiger partial charge in [-0.25, -0.2) is 0 Å². The predicted octanol–water partition coefficient (Wildman–Crippen LogP) is 19.9. The molecule has 70 heavy (non-hydrogen) atoms. The molecule has 0 bridgehead atoms. The largest absolute Gasteiger partial charge is 0.462 e. The molecule has 0 saturated carbocycles. The van der Waals surface area contributed by atoms with Crippen LogP contribution in [0, 0.1) is 0 Å². The number of hydrogen-bond acceptors (Lipinski definition) is 6. The molecule has 0 aliphatic rings. The van der Waals surface area contributed by atoms with Gasteiger partial charge in [-0.1, -0.05) is 266 Å². The first-order valence-corrected chi connectivity index (χ1v) is 29.6. The van der Waals surface area contributed by atoms with Crippen LogP contribution in [0.25, 0.3) is 0 Å². The van der Waals surface area contributed by atoms with E-state index in [2.05, 4.69) is 93.7 Å². The van der Waals surface area contributed by atoms with Crippen LogP contribution in [-0.2, 0) is 28.6 Å². The molecule has 0 saturated heterocycles. The fraction of sp³-hybridized carbons (Fsp3) is 0.734. The lowest BCUT2D eigenvalue weighted by Gasteiger charge is -2.18. The molecule has 0 aromatic carbocycles. The number of hydrogen-bond donors (Lipinski definition) is 0. The minimum Gasteiger partial charge on any atom is -0.462 e. The van der Waals surface area contributed by atoms with Crippen LogP contribution in [0.2, 0.25) is 0 Å². The summed E-state index contributed by atoms with van der Waals surface area (Å²) in [6, 6.07) is 0. The van der Waals surface area contributed by atoms with E-state index in [0.29, 0.717) is 19.3 Å². The lowest BCUT2D eigenvalue weighted by molar-refractivity contribution is -0.166. The Hall–Kier alpha value is -3.41. The molecule has 6 nitrogen and oxygen atoms in total. The molecule has 0 aliphatic heterocycles. The van der Waals surface area contributed by atoms with Gasteiger partial charge in [0.1, 0.15) is 13.2 Å². The van der Waals surface area contributed by atoms with E-state index in [4.69, 9.17) is 14.2 Å². The highest BCUT2D eigenvalue weighted by Gasteiger charge is 2.19. The zero-order chi connectivity index (χ0) is 50.7. The van der Waals surface area contributed by atoms with Gasteiger partial charge in [0.05, 0.1) is 0 Å². The first kappa shape index (κ1) is 66.6. The summed E-state index contributed by atoms with van der Waals surface area (Å²) >= 11 is 0. The van der Waals surface area contributed by atoms with E-state index in [1.165, 1.54) is 161 Å². The molecular weight excluding hydrogens is 865 g/mol. The molecule has 1 unspecified atom stereocenters. The van der Waals surface area contributed by atoms with E-state index in [1.807, 2.05) is 12.2 Å². The monoisotopic (exact) mass is 975 g/mol. The molecule has 0 spiro atoms. The van der Waals surface area contributed by atoms with Gasteiger partial charge >= 0.3 is 17.9 Å². The van der Waals surface area contributed by atoms with Crippen LogP contribution in [0.3, 0.4) is 0 Å². The van der Waals surface area contributed by atoms with Gasteiger partial charge in [-0.2, -0.15) is 0 Å². The topological polar surface area (TPSA) is 78.9 Å². The van der Waals surface area contributed by atoms with Crippen LogP contribution in [-0.4, -0.2) is 37.2 Å². The van der Waals surface area contributed by atoms with Gasteiger partial charge in [-0.05, 0) is 83.5 Å². The maximum atomic E-state index is 12.8. The van der Waals surface area contributed by atoms with Gasteiger partial charge in [0.25, 0.3) is 0 Å². The Morgan fingerprint density at radius 3 is 0.929 bits per heavy atom. The van der Waals surface area contributed by atoms with Gasteiger partial charge in [0.2, 0.25) is 0 Å². The summed E-state index contributed by atoms with van der Waals surface area (Å²) in [5, 5.41) is 0. The lowest BCUT2D eigenvalue weighted by Crippen LogP contribution is -2.30. The van der Waals surface area contributed by atoms with Crippen molar-refractivity contribution in [3.05, 3.63) is 85.1 Å². The fourth-order valence-electron chi connectivity index (χ4n) is 8.23. The Labute approximate surface area is 433 Å². The second-order valence-electron chi connectivity index (χ2n) is 19.5. The standard InChI is InChI=1S/C64H110O6/c1-4-7-10-13-16-18-20-22-24-26-28-29-30-31-32-33-34-35-37-38-40-42-44-46-48-51-54-57-63(66)69-60-61(59-68-62(65)56-53-50-15-12-9-6-3)70-64(67)58-55-52-49-47-45-43-41-39-36-27-25-23-21-19-17-14-11-8-5-2/h8,11,17,19,23,25-26,28,36,39,43,45,49,52,61H,4-7,9-10,12-16,18,20-22,24,27,29-35,37-38,40-42,44,46-48,50-51,53-60H2,1-3H3/b11-8-,19-17-,25-23-,28-26-,39-36-,45-43-,52-49-. The Morgan fingerprint density at radius 1 is 0.300 bits per heavy atom. The summed E-state index contributed by atoms with van der Waals surface area (Å²) in [7, 11) is 0. The minimum atomic E-state index is -0.813. The van der Waals surface area contributed by atoms with Crippen molar-refractivity contribution < 1.29 is 28.6 Å². The molecule has 0 heterocycles. The van der Waals surface area contributed by atoms with Crippen molar-refractivity contribution in [2.24, 2.45) is 0 Å². The average molecular weight is 976 g/mol. The zero-order valence-corrected chi connectivity index (χ0v) is 46.0. The number of ether oxygens (including phenoxy) is 3. The van der Waals surface area contributed by atoms with Crippen LogP contribution >= 0.6 is 0 Å². The van der Waals surface area contributed by atoms with Gasteiger partial charge < -0.3 is 14.2 Å². The molecule has 0 aromatic rings. The molecule has 0 N–H and O–H groups in total. The molecular formula is C64H110O6. The first-order valence-electron chi connectivity index (χ1n) is 29.6. The Kier molecular flexibility index (Phi) is 55.3. The quantitative estimate of drug-likeness (QED) is 0.0261. The maximum Gasteiger partial charge on any atom is 0.306 e. The summed E-state index contributed by atoms with van der Waals surface area (Å²) in [4.78, 5) is 37.8. The highest BCUT2D eigenvalue weighted by Crippen LogP contribution is 2.16. The third kappa shape index (κ3) is 55.5. The summed E-state index contributed by atoms with van der Waals surface area (Å²) < 4.78 is 16.7. The number of allylic oxidation sites excluding steroid dienone is 14. The van der Waals surface area contributed by atoms with E-state index >= 15 is 0 Å². The molecule has 0 aliphatic carbocycles. The molecule has 0 aromatic heterocycles. The van der Waals surface area contributed by atoms with Crippen LogP contribution < -0.4 is 0 Å². The van der Waals surface area contributed by atoms with E-state index in [9.17, 15) is 14.4 Å². The van der Waals surface area contributed by atoms with Crippen molar-refractivity contribution in [3.63, 3.8) is 0 Å². The third-order valence-electron chi connectivity index (χ3n) is 12.6. The van der Waals surface area contributed by atoms with Crippen molar-refractivity contribution in [3.8, 4) is 0 Å². The zero-order valence-electron chi connectivity index (χ0n) is 46.0. The van der Waals surface area contributed by atoms with E-state index in [1.54, 1.807) is 0 Å². The summed E-state index contributed by atoms with van der Waals surface area (Å²) in [5.41, 5.74) is 0. The minimum absolute atomic E-state index is 0.105. The average Bonchev–Trinajstić information content (AvgIpc) is 3.36. The second-order valence-corrected chi connectivity index (χ2v) is 19.5. The van der Waals surface area contributed by atoms with Crippen LogP contribution in [0.5, 0.6) is 0 Å². The molecule has 0 amide bonds. The Bertz CT molecular complexity index is 1350. The summed E-state index contributed by atoms with van der Waals surface area (Å²) in [6.07, 6.45) is 76.4. The van der Waals surface area contributed by atoms with Crippen molar-refractivity contribution in [2.45, 2.75) is 290 Å². The number of unbranched alkanes of at least 4 members (excludes halogenated alkanes) is 28. The molecule has 0 radical (unpaired) electrons. The molecule has 1 atom stereocenters. The Morgan fingerprint density at radius 2 is 0.586 bits per heavy atom. The normalized spacial score (nSPS) is 12.7. The number of esters is 3. The van der Waals surface area contributed by atoms with E-state index in [0.717, 1.165) is 77.0 Å². The highest BCUT2D eigenvalue weighted by molar-refractivity contribution is 5.71. The van der Waals surface area contributed by atoms with Crippen molar-refractivity contribution in [1.82, 2.24) is 0 Å². The maximum absolute atomic E-state index is 12.8. The predicted molar refractivity (Wildman–Crippen MR) is 302 cm³/mol. The van der Waals surface area contributed by atoms with Crippen LogP contribution in [0.1, 0.15) is 284 Å². The van der Waals surface area contributed by atoms with E-state index < -0.39 is 12.1 Å². The van der Waals surface area contributed by atoms with Gasteiger partial charge in [0.15, 0.2) is 6.10 Å². The van der Waals surface area contributed by atoms with Gasteiger partial charge in [0, 0.05) is 19.3 Å². The molecule has 6 heteroatoms. The smallest absolute Gasteiger partial charge is 0.306 e. The summed E-state index contributed by atoms with van der Waals surface area (Å²) in [5.74, 6) is -0.995. The molecule has 0 rings (SSSR count). The lowest BCUT2D eigenvalue weighted by atomic mass is 10.0. The summed E-state index contributed by atoms with van der Waals surface area (Å²) in [6.45, 7) is 6.42. The van der Waals surface area contributed by atoms with Gasteiger partial charge in [-0.15, -0.1) is 0 Å². The SMILES string of the molecule is CC/C=C\C/C=C\C/C=C\C/C=C\C/C=C\C/C=C\CCC(=O)OC(COC(=O)CCCCCCCC)COC(=O)CCCCCCCCCCCCCCCCC/C=C\CCCCCCCCCC. The van der Waals surface area contributed by atoms with Crippen LogP contribution in [0.4, 0.5) is 0 Å². The first-order chi connectivity index (χ1) is 34.5. The fourth-order valence-corrected chi connectivity index (χ4v) is 8.23. The third-order valence-corrected chi connectivity index (χ3v) is 12.6. The second kappa shape index (κ2) is 58.2. The van der Waals surface area contributed by atoms with Crippen molar-refractivity contribution in [1.29, 1.82) is 0 Å². The number of carbonyl (C=O) groups is 3. The molecule has 402 valence electrons. The van der Waals surface area contributed by atoms with Crippen LogP contribution in [0.15, 0.2) is 85.1 Å². The van der Waals surface area contributed by atoms with E-state index in [-0.39, 0.29) is 31.6 Å². The molecule has 0 fully saturated rings. The highest BCUT2D eigenvalue weighted by atomic mass is 16.6. The van der Waals surface area contributed by atoms with Crippen molar-refractivity contribution in [2.75, 3.05) is 13.2 Å². The van der Waals surface area contributed by atoms with Gasteiger partial charge in [-0.3, -0.25) is 14.4 Å². The Balaban J connectivity index is 4.16. The number of rotatable bonds is 53.